The lowest BCUT2D eigenvalue weighted by Crippen LogP contribution is -2.53. The van der Waals surface area contributed by atoms with Crippen molar-refractivity contribution in [2.75, 3.05) is 7.11 Å². The van der Waals surface area contributed by atoms with E-state index in [4.69, 9.17) is 9.84 Å². The first-order chi connectivity index (χ1) is 6.95. The maximum Gasteiger partial charge on any atom is 0.323 e. The summed E-state index contributed by atoms with van der Waals surface area (Å²) >= 11 is 0. The first-order valence-corrected chi connectivity index (χ1v) is 5.49. The maximum absolute atomic E-state index is 11.0. The topological polar surface area (TPSA) is 58.6 Å². The quantitative estimate of drug-likeness (QED) is 0.744. The zero-order valence-electron chi connectivity index (χ0n) is 9.75. The molecule has 2 atom stereocenters. The molecule has 1 fully saturated rings. The van der Waals surface area contributed by atoms with Gasteiger partial charge in [0.2, 0.25) is 0 Å². The van der Waals surface area contributed by atoms with Crippen molar-refractivity contribution >= 4 is 5.97 Å². The molecule has 0 amide bonds. The van der Waals surface area contributed by atoms with E-state index < -0.39 is 11.5 Å². The smallest absolute Gasteiger partial charge is 0.323 e. The van der Waals surface area contributed by atoms with Gasteiger partial charge in [-0.2, -0.15) is 0 Å². The Morgan fingerprint density at radius 3 is 2.67 bits per heavy atom. The number of rotatable bonds is 4. The van der Waals surface area contributed by atoms with E-state index in [0.717, 1.165) is 25.7 Å². The van der Waals surface area contributed by atoms with Crippen molar-refractivity contribution in [3.05, 3.63) is 0 Å². The van der Waals surface area contributed by atoms with Crippen LogP contribution in [0, 0.1) is 0 Å². The van der Waals surface area contributed by atoms with Gasteiger partial charge in [-0.05, 0) is 39.5 Å². The Balaban J connectivity index is 2.47. The normalized spacial score (nSPS) is 27.7. The first kappa shape index (κ1) is 12.5. The van der Waals surface area contributed by atoms with Crippen LogP contribution in [0.3, 0.4) is 0 Å². The highest BCUT2D eigenvalue weighted by Crippen LogP contribution is 2.22. The number of carboxylic acid groups (broad SMARTS) is 1. The van der Waals surface area contributed by atoms with Crippen LogP contribution in [0.25, 0.3) is 0 Å². The maximum atomic E-state index is 11.0. The molecule has 0 radical (unpaired) electrons. The minimum absolute atomic E-state index is 0.259. The fraction of sp³-hybridized carbons (Fsp3) is 0.909. The lowest BCUT2D eigenvalue weighted by atomic mass is 9.90. The predicted molar refractivity (Wildman–Crippen MR) is 57.9 cm³/mol. The predicted octanol–water partition coefficient (Wildman–Crippen LogP) is 1.40. The van der Waals surface area contributed by atoms with Crippen LogP contribution in [0.5, 0.6) is 0 Å². The van der Waals surface area contributed by atoms with Gasteiger partial charge in [0.25, 0.3) is 0 Å². The average Bonchev–Trinajstić information content (AvgIpc) is 2.17. The van der Waals surface area contributed by atoms with Crippen LogP contribution >= 0.6 is 0 Å². The van der Waals surface area contributed by atoms with Gasteiger partial charge in [0, 0.05) is 13.2 Å². The van der Waals surface area contributed by atoms with Crippen LogP contribution in [0.2, 0.25) is 0 Å². The molecule has 0 bridgehead atoms. The van der Waals surface area contributed by atoms with Crippen molar-refractivity contribution in [1.82, 2.24) is 5.32 Å². The zero-order chi connectivity index (χ0) is 11.5. The first-order valence-electron chi connectivity index (χ1n) is 5.49. The van der Waals surface area contributed by atoms with Crippen molar-refractivity contribution in [2.45, 2.75) is 57.2 Å². The van der Waals surface area contributed by atoms with E-state index in [9.17, 15) is 4.79 Å². The minimum Gasteiger partial charge on any atom is -0.480 e. The van der Waals surface area contributed by atoms with E-state index in [1.807, 2.05) is 0 Å². The molecule has 0 saturated heterocycles. The standard InChI is InChI=1S/C11H21NO3/c1-11(2,10(13)14)12-8-5-4-6-9(7-8)15-3/h8-9,12H,4-7H2,1-3H3,(H,13,14). The Morgan fingerprint density at radius 1 is 1.47 bits per heavy atom. The third-order valence-corrected chi connectivity index (χ3v) is 3.06. The van der Waals surface area contributed by atoms with Crippen LogP contribution in [0.15, 0.2) is 0 Å². The summed E-state index contributed by atoms with van der Waals surface area (Å²) in [5, 5.41) is 12.2. The molecule has 4 nitrogen and oxygen atoms in total. The molecule has 2 N–H and O–H groups in total. The van der Waals surface area contributed by atoms with Gasteiger partial charge in [0.15, 0.2) is 0 Å². The van der Waals surface area contributed by atoms with Crippen molar-refractivity contribution in [2.24, 2.45) is 0 Å². The lowest BCUT2D eigenvalue weighted by Gasteiger charge is -2.33. The molecule has 4 heteroatoms. The monoisotopic (exact) mass is 215 g/mol. The largest absolute Gasteiger partial charge is 0.480 e. The highest BCUT2D eigenvalue weighted by Gasteiger charge is 2.32. The second kappa shape index (κ2) is 4.94. The molecule has 0 heterocycles. The summed E-state index contributed by atoms with van der Waals surface area (Å²) in [6.45, 7) is 3.40. The number of aliphatic carboxylic acids is 1. The summed E-state index contributed by atoms with van der Waals surface area (Å²) in [6.07, 6.45) is 4.42. The minimum atomic E-state index is -0.847. The highest BCUT2D eigenvalue weighted by atomic mass is 16.5. The molecule has 0 aromatic rings. The Morgan fingerprint density at radius 2 is 2.13 bits per heavy atom. The van der Waals surface area contributed by atoms with Crippen LogP contribution < -0.4 is 5.32 Å². The SMILES string of the molecule is COC1CCCC(NC(C)(C)C(=O)O)C1. The van der Waals surface area contributed by atoms with E-state index in [1.54, 1.807) is 21.0 Å². The third kappa shape index (κ3) is 3.47. The van der Waals surface area contributed by atoms with E-state index in [2.05, 4.69) is 5.32 Å². The average molecular weight is 215 g/mol. The Bertz CT molecular complexity index is 228. The fourth-order valence-electron chi connectivity index (χ4n) is 2.06. The Hall–Kier alpha value is -0.610. The number of carbonyl (C=O) groups is 1. The molecule has 1 aliphatic carbocycles. The van der Waals surface area contributed by atoms with Crippen molar-refractivity contribution in [1.29, 1.82) is 0 Å². The lowest BCUT2D eigenvalue weighted by molar-refractivity contribution is -0.144. The summed E-state index contributed by atoms with van der Waals surface area (Å²) in [6, 6.07) is 0.259. The van der Waals surface area contributed by atoms with Crippen molar-refractivity contribution in [3.63, 3.8) is 0 Å². The van der Waals surface area contributed by atoms with E-state index in [0.29, 0.717) is 0 Å². The van der Waals surface area contributed by atoms with Crippen LogP contribution in [-0.2, 0) is 9.53 Å². The van der Waals surface area contributed by atoms with Crippen LogP contribution in [-0.4, -0.2) is 35.9 Å². The van der Waals surface area contributed by atoms with Crippen LogP contribution in [0.1, 0.15) is 39.5 Å². The Kier molecular flexibility index (Phi) is 4.11. The number of methoxy groups -OCH3 is 1. The van der Waals surface area contributed by atoms with Gasteiger partial charge in [0.05, 0.1) is 6.10 Å². The van der Waals surface area contributed by atoms with Gasteiger partial charge >= 0.3 is 5.97 Å². The molecule has 1 aliphatic rings. The molecule has 88 valence electrons. The molecule has 0 aromatic heterocycles. The molecular weight excluding hydrogens is 194 g/mol. The summed E-state index contributed by atoms with van der Waals surface area (Å²) in [4.78, 5) is 11.0. The van der Waals surface area contributed by atoms with Gasteiger partial charge < -0.3 is 9.84 Å². The molecular formula is C11H21NO3. The van der Waals surface area contributed by atoms with E-state index in [1.165, 1.54) is 0 Å². The number of nitrogens with one attached hydrogen (secondary N) is 1. The van der Waals surface area contributed by atoms with Gasteiger partial charge in [-0.3, -0.25) is 10.1 Å². The van der Waals surface area contributed by atoms with Gasteiger partial charge in [-0.15, -0.1) is 0 Å². The molecule has 0 aromatic carbocycles. The van der Waals surface area contributed by atoms with E-state index in [-0.39, 0.29) is 12.1 Å². The summed E-state index contributed by atoms with van der Waals surface area (Å²) < 4.78 is 5.31. The summed E-state index contributed by atoms with van der Waals surface area (Å²) in [5.74, 6) is -0.804. The third-order valence-electron chi connectivity index (χ3n) is 3.06. The van der Waals surface area contributed by atoms with Crippen molar-refractivity contribution < 1.29 is 14.6 Å². The number of hydrogen-bond donors (Lipinski definition) is 2. The molecule has 15 heavy (non-hydrogen) atoms. The summed E-state index contributed by atoms with van der Waals surface area (Å²) in [5.41, 5.74) is -0.847. The highest BCUT2D eigenvalue weighted by molar-refractivity contribution is 5.77. The second-order valence-electron chi connectivity index (χ2n) is 4.80. The van der Waals surface area contributed by atoms with Gasteiger partial charge in [-0.25, -0.2) is 0 Å². The number of ether oxygens (including phenoxy) is 1. The Labute approximate surface area is 91.0 Å². The molecule has 1 saturated carbocycles. The molecule has 2 unspecified atom stereocenters. The van der Waals surface area contributed by atoms with E-state index >= 15 is 0 Å². The molecule has 0 aliphatic heterocycles. The molecule has 0 spiro atoms. The fourth-order valence-corrected chi connectivity index (χ4v) is 2.06. The second-order valence-corrected chi connectivity index (χ2v) is 4.80. The molecule has 1 rings (SSSR count). The van der Waals surface area contributed by atoms with Gasteiger partial charge in [-0.1, -0.05) is 0 Å². The van der Waals surface area contributed by atoms with Gasteiger partial charge in [0.1, 0.15) is 5.54 Å². The van der Waals surface area contributed by atoms with Crippen LogP contribution in [0.4, 0.5) is 0 Å². The number of carboxylic acids is 1. The number of hydrogen-bond acceptors (Lipinski definition) is 3. The zero-order valence-corrected chi connectivity index (χ0v) is 9.75. The summed E-state index contributed by atoms with van der Waals surface area (Å²) in [7, 11) is 1.72. The van der Waals surface area contributed by atoms with Crippen molar-refractivity contribution in [3.8, 4) is 0 Å².